The van der Waals surface area contributed by atoms with Crippen molar-refractivity contribution in [2.75, 3.05) is 20.3 Å². The first-order chi connectivity index (χ1) is 9.06. The van der Waals surface area contributed by atoms with Crippen molar-refractivity contribution in [2.45, 2.75) is 19.3 Å². The van der Waals surface area contributed by atoms with Crippen LogP contribution < -0.4 is 5.32 Å². The van der Waals surface area contributed by atoms with Crippen molar-refractivity contribution in [1.29, 1.82) is 0 Å². The second kappa shape index (κ2) is 6.25. The maximum absolute atomic E-state index is 12.0. The van der Waals surface area contributed by atoms with Crippen molar-refractivity contribution in [3.05, 3.63) is 33.3 Å². The highest BCUT2D eigenvalue weighted by Gasteiger charge is 2.42. The van der Waals surface area contributed by atoms with E-state index in [1.165, 1.54) is 0 Å². The normalized spacial score (nSPS) is 16.2. The van der Waals surface area contributed by atoms with Crippen LogP contribution in [-0.4, -0.2) is 26.2 Å². The molecule has 2 rings (SSSR count). The Morgan fingerprint density at radius 3 is 2.84 bits per heavy atom. The van der Waals surface area contributed by atoms with Gasteiger partial charge in [-0.25, -0.2) is 0 Å². The minimum atomic E-state index is -0.0712. The van der Waals surface area contributed by atoms with E-state index in [0.717, 1.165) is 30.3 Å². The predicted octanol–water partition coefficient (Wildman–Crippen LogP) is 3.65. The Kier molecular flexibility index (Phi) is 4.87. The summed E-state index contributed by atoms with van der Waals surface area (Å²) in [5, 5.41) is 3.54. The standard InChI is InChI=1S/C14H17BrClNO2/c1-19-7-6-14(4-5-14)9-17-13(18)10-2-3-11(15)12(16)8-10/h2-3,8H,4-7,9H2,1H3,(H,17,18). The summed E-state index contributed by atoms with van der Waals surface area (Å²) in [5.41, 5.74) is 0.848. The molecule has 104 valence electrons. The molecule has 3 nitrogen and oxygen atoms in total. The molecule has 1 saturated carbocycles. The number of ether oxygens (including phenoxy) is 1. The van der Waals surface area contributed by atoms with Crippen LogP contribution in [0, 0.1) is 5.41 Å². The summed E-state index contributed by atoms with van der Waals surface area (Å²) in [6.45, 7) is 1.46. The van der Waals surface area contributed by atoms with E-state index in [0.29, 0.717) is 17.1 Å². The van der Waals surface area contributed by atoms with E-state index in [2.05, 4.69) is 21.2 Å². The number of benzene rings is 1. The molecule has 1 amide bonds. The highest BCUT2D eigenvalue weighted by molar-refractivity contribution is 9.10. The third kappa shape index (κ3) is 3.94. The maximum Gasteiger partial charge on any atom is 0.251 e. The molecular formula is C14H17BrClNO2. The molecule has 0 saturated heterocycles. The lowest BCUT2D eigenvalue weighted by Gasteiger charge is -2.15. The lowest BCUT2D eigenvalue weighted by Crippen LogP contribution is -2.30. The lowest BCUT2D eigenvalue weighted by atomic mass is 10.0. The number of amides is 1. The molecular weight excluding hydrogens is 330 g/mol. The number of carbonyl (C=O) groups is 1. The highest BCUT2D eigenvalue weighted by atomic mass is 79.9. The first-order valence-electron chi connectivity index (χ1n) is 6.28. The van der Waals surface area contributed by atoms with Gasteiger partial charge in [0.2, 0.25) is 0 Å². The first-order valence-corrected chi connectivity index (χ1v) is 7.46. The van der Waals surface area contributed by atoms with Crippen LogP contribution in [0.2, 0.25) is 5.02 Å². The van der Waals surface area contributed by atoms with E-state index in [-0.39, 0.29) is 11.3 Å². The smallest absolute Gasteiger partial charge is 0.251 e. The fraction of sp³-hybridized carbons (Fsp3) is 0.500. The number of nitrogens with one attached hydrogen (secondary N) is 1. The van der Waals surface area contributed by atoms with Crippen LogP contribution in [0.3, 0.4) is 0 Å². The van der Waals surface area contributed by atoms with Gasteiger partial charge in [0.15, 0.2) is 0 Å². The zero-order chi connectivity index (χ0) is 13.9. The minimum absolute atomic E-state index is 0.0712. The number of hydrogen-bond acceptors (Lipinski definition) is 2. The van der Waals surface area contributed by atoms with Gasteiger partial charge < -0.3 is 10.1 Å². The predicted molar refractivity (Wildman–Crippen MR) is 79.6 cm³/mol. The zero-order valence-electron chi connectivity index (χ0n) is 10.8. The fourth-order valence-electron chi connectivity index (χ4n) is 2.02. The molecule has 1 N–H and O–H groups in total. The third-order valence-electron chi connectivity index (χ3n) is 3.60. The summed E-state index contributed by atoms with van der Waals surface area (Å²) >= 11 is 9.30. The first kappa shape index (κ1) is 14.8. The summed E-state index contributed by atoms with van der Waals surface area (Å²) in [4.78, 5) is 12.0. The van der Waals surface area contributed by atoms with Crippen LogP contribution in [0.25, 0.3) is 0 Å². The van der Waals surface area contributed by atoms with E-state index >= 15 is 0 Å². The van der Waals surface area contributed by atoms with Gasteiger partial charge in [-0.3, -0.25) is 4.79 Å². The number of methoxy groups -OCH3 is 1. The van der Waals surface area contributed by atoms with Gasteiger partial charge >= 0.3 is 0 Å². The maximum atomic E-state index is 12.0. The zero-order valence-corrected chi connectivity index (χ0v) is 13.2. The van der Waals surface area contributed by atoms with Gasteiger partial charge in [-0.1, -0.05) is 11.6 Å². The second-order valence-electron chi connectivity index (χ2n) is 5.05. The van der Waals surface area contributed by atoms with Crippen molar-refractivity contribution in [1.82, 2.24) is 5.32 Å². The van der Waals surface area contributed by atoms with Crippen molar-refractivity contribution in [3.8, 4) is 0 Å². The topological polar surface area (TPSA) is 38.3 Å². The summed E-state index contributed by atoms with van der Waals surface area (Å²) in [7, 11) is 1.71. The Hall–Kier alpha value is -0.580. The van der Waals surface area contributed by atoms with E-state index < -0.39 is 0 Å². The molecule has 0 bridgehead atoms. The van der Waals surface area contributed by atoms with Crippen LogP contribution in [-0.2, 0) is 4.74 Å². The van der Waals surface area contributed by atoms with Crippen molar-refractivity contribution in [2.24, 2.45) is 5.41 Å². The van der Waals surface area contributed by atoms with Gasteiger partial charge in [0, 0.05) is 30.3 Å². The largest absolute Gasteiger partial charge is 0.385 e. The number of carbonyl (C=O) groups excluding carboxylic acids is 1. The van der Waals surface area contributed by atoms with Crippen molar-refractivity contribution in [3.63, 3.8) is 0 Å². The van der Waals surface area contributed by atoms with Gasteiger partial charge in [0.1, 0.15) is 0 Å². The quantitative estimate of drug-likeness (QED) is 0.854. The average Bonchev–Trinajstić information content (AvgIpc) is 3.17. The summed E-state index contributed by atoms with van der Waals surface area (Å²) in [6.07, 6.45) is 3.33. The van der Waals surface area contributed by atoms with Gasteiger partial charge in [0.05, 0.1) is 5.02 Å². The number of halogens is 2. The molecule has 0 heterocycles. The lowest BCUT2D eigenvalue weighted by molar-refractivity contribution is 0.0938. The summed E-state index contributed by atoms with van der Waals surface area (Å²) in [5.74, 6) is -0.0712. The average molecular weight is 347 g/mol. The molecule has 1 aromatic rings. The Labute approximate surface area is 126 Å². The summed E-state index contributed by atoms with van der Waals surface area (Å²) < 4.78 is 5.90. The molecule has 1 aromatic carbocycles. The monoisotopic (exact) mass is 345 g/mol. The number of rotatable bonds is 6. The molecule has 0 unspecified atom stereocenters. The van der Waals surface area contributed by atoms with Gasteiger partial charge in [-0.05, 0) is 58.8 Å². The van der Waals surface area contributed by atoms with E-state index in [1.807, 2.05) is 0 Å². The summed E-state index contributed by atoms with van der Waals surface area (Å²) in [6, 6.07) is 5.23. The molecule has 1 fully saturated rings. The Balaban J connectivity index is 1.89. The fourth-order valence-corrected chi connectivity index (χ4v) is 2.44. The van der Waals surface area contributed by atoms with Gasteiger partial charge in [-0.2, -0.15) is 0 Å². The van der Waals surface area contributed by atoms with Crippen molar-refractivity contribution < 1.29 is 9.53 Å². The third-order valence-corrected chi connectivity index (χ3v) is 4.83. The second-order valence-corrected chi connectivity index (χ2v) is 6.32. The molecule has 5 heteroatoms. The molecule has 19 heavy (non-hydrogen) atoms. The van der Waals surface area contributed by atoms with Crippen LogP contribution in [0.5, 0.6) is 0 Å². The Morgan fingerprint density at radius 2 is 2.26 bits per heavy atom. The van der Waals surface area contributed by atoms with E-state index in [1.54, 1.807) is 25.3 Å². The van der Waals surface area contributed by atoms with E-state index in [4.69, 9.17) is 16.3 Å². The Morgan fingerprint density at radius 1 is 1.53 bits per heavy atom. The molecule has 0 radical (unpaired) electrons. The molecule has 0 aliphatic heterocycles. The molecule has 1 aliphatic rings. The van der Waals surface area contributed by atoms with Gasteiger partial charge in [-0.15, -0.1) is 0 Å². The van der Waals surface area contributed by atoms with E-state index in [9.17, 15) is 4.79 Å². The van der Waals surface area contributed by atoms with Gasteiger partial charge in [0.25, 0.3) is 5.91 Å². The van der Waals surface area contributed by atoms with Crippen molar-refractivity contribution >= 4 is 33.4 Å². The van der Waals surface area contributed by atoms with Crippen LogP contribution in [0.15, 0.2) is 22.7 Å². The van der Waals surface area contributed by atoms with Crippen LogP contribution >= 0.6 is 27.5 Å². The molecule has 0 atom stereocenters. The minimum Gasteiger partial charge on any atom is -0.385 e. The van der Waals surface area contributed by atoms with Crippen LogP contribution in [0.4, 0.5) is 0 Å². The molecule has 0 aromatic heterocycles. The molecule has 1 aliphatic carbocycles. The number of hydrogen-bond donors (Lipinski definition) is 1. The highest BCUT2D eigenvalue weighted by Crippen LogP contribution is 2.48. The molecule has 0 spiro atoms. The Bertz CT molecular complexity index is 475. The SMILES string of the molecule is COCCC1(CNC(=O)c2ccc(Br)c(Cl)c2)CC1. The van der Waals surface area contributed by atoms with Crippen LogP contribution in [0.1, 0.15) is 29.6 Å².